The first-order valence-corrected chi connectivity index (χ1v) is 8.33. The number of carboxylic acids is 2. The number of esters is 1. The summed E-state index contributed by atoms with van der Waals surface area (Å²) in [5, 5.41) is 13.9. The SMILES string of the molecule is C=CC(=O)OC(C)S(=O)(=O)O.O=C(O)CC(C(=O)O)S(=O)(=O)O. The Kier molecular flexibility index (Phi) is 9.28. The van der Waals surface area contributed by atoms with Crippen molar-refractivity contribution >= 4 is 38.1 Å². The molecular formula is C9H14O12S2. The average molecular weight is 378 g/mol. The lowest BCUT2D eigenvalue weighted by Crippen LogP contribution is -2.31. The number of ether oxygens (including phenoxy) is 1. The van der Waals surface area contributed by atoms with Gasteiger partial charge in [0.25, 0.3) is 10.1 Å². The Balaban J connectivity index is 0. The zero-order chi connectivity index (χ0) is 19.0. The van der Waals surface area contributed by atoms with Crippen molar-refractivity contribution in [2.24, 2.45) is 0 Å². The van der Waals surface area contributed by atoms with Gasteiger partial charge in [0.2, 0.25) is 5.44 Å². The van der Waals surface area contributed by atoms with E-state index in [1.807, 2.05) is 0 Å². The highest BCUT2D eigenvalue weighted by molar-refractivity contribution is 7.87. The summed E-state index contributed by atoms with van der Waals surface area (Å²) in [7, 11) is -9.14. The van der Waals surface area contributed by atoms with Crippen molar-refractivity contribution in [3.63, 3.8) is 0 Å². The largest absolute Gasteiger partial charge is 0.481 e. The number of aliphatic carboxylic acids is 2. The van der Waals surface area contributed by atoms with Gasteiger partial charge >= 0.3 is 28.0 Å². The van der Waals surface area contributed by atoms with Crippen LogP contribution in [-0.2, 0) is 39.4 Å². The molecule has 0 saturated heterocycles. The molecule has 0 aromatic carbocycles. The Hall–Kier alpha value is -2.03. The van der Waals surface area contributed by atoms with Gasteiger partial charge in [-0.05, 0) is 6.92 Å². The normalized spacial score (nSPS) is 13.7. The molecule has 134 valence electrons. The number of hydrogen-bond donors (Lipinski definition) is 4. The van der Waals surface area contributed by atoms with E-state index in [1.54, 1.807) is 0 Å². The molecule has 0 aliphatic heterocycles. The van der Waals surface area contributed by atoms with E-state index >= 15 is 0 Å². The maximum Gasteiger partial charge on any atom is 0.331 e. The average Bonchev–Trinajstić information content (AvgIpc) is 2.33. The second kappa shape index (κ2) is 9.19. The number of rotatable bonds is 7. The highest BCUT2D eigenvalue weighted by Gasteiger charge is 2.33. The van der Waals surface area contributed by atoms with Crippen molar-refractivity contribution in [3.8, 4) is 0 Å². The lowest BCUT2D eigenvalue weighted by molar-refractivity contribution is -0.143. The number of carbonyl (C=O) groups excluding carboxylic acids is 1. The van der Waals surface area contributed by atoms with E-state index in [-0.39, 0.29) is 0 Å². The fraction of sp³-hybridized carbons (Fsp3) is 0.444. The topological polar surface area (TPSA) is 210 Å². The Bertz CT molecular complexity index is 659. The second-order valence-electron chi connectivity index (χ2n) is 3.66. The summed E-state index contributed by atoms with van der Waals surface area (Å²) < 4.78 is 61.6. The molecular weight excluding hydrogens is 364 g/mol. The quantitative estimate of drug-likeness (QED) is 0.232. The molecule has 23 heavy (non-hydrogen) atoms. The number of carbonyl (C=O) groups is 3. The molecule has 0 saturated carbocycles. The van der Waals surface area contributed by atoms with Gasteiger partial charge in [-0.2, -0.15) is 16.8 Å². The van der Waals surface area contributed by atoms with E-state index in [4.69, 9.17) is 19.3 Å². The van der Waals surface area contributed by atoms with Gasteiger partial charge in [-0.3, -0.25) is 18.7 Å². The third kappa shape index (κ3) is 11.2. The van der Waals surface area contributed by atoms with Crippen LogP contribution in [0.2, 0.25) is 0 Å². The molecule has 0 spiro atoms. The van der Waals surface area contributed by atoms with Gasteiger partial charge < -0.3 is 14.9 Å². The number of carboxylic acid groups (broad SMARTS) is 2. The fourth-order valence-electron chi connectivity index (χ4n) is 0.751. The summed E-state index contributed by atoms with van der Waals surface area (Å²) >= 11 is 0. The van der Waals surface area contributed by atoms with Crippen LogP contribution in [-0.4, -0.2) is 64.7 Å². The van der Waals surface area contributed by atoms with Crippen LogP contribution in [0.5, 0.6) is 0 Å². The molecule has 0 fully saturated rings. The van der Waals surface area contributed by atoms with Gasteiger partial charge in [0.05, 0.1) is 6.42 Å². The molecule has 0 aliphatic rings. The minimum atomic E-state index is -4.84. The first kappa shape index (κ1) is 23.2. The summed E-state index contributed by atoms with van der Waals surface area (Å²) in [5.41, 5.74) is -1.55. The van der Waals surface area contributed by atoms with Gasteiger partial charge in [0.15, 0.2) is 5.25 Å². The first-order valence-electron chi connectivity index (χ1n) is 5.33. The summed E-state index contributed by atoms with van der Waals surface area (Å²) in [6, 6.07) is 0. The molecule has 2 atom stereocenters. The van der Waals surface area contributed by atoms with Crippen LogP contribution >= 0.6 is 0 Å². The van der Waals surface area contributed by atoms with Crippen LogP contribution in [0.3, 0.4) is 0 Å². The molecule has 2 unspecified atom stereocenters. The van der Waals surface area contributed by atoms with E-state index in [0.29, 0.717) is 0 Å². The van der Waals surface area contributed by atoms with Crippen molar-refractivity contribution < 1.29 is 55.3 Å². The highest BCUT2D eigenvalue weighted by Crippen LogP contribution is 2.04. The molecule has 0 aliphatic carbocycles. The fourth-order valence-corrected chi connectivity index (χ4v) is 1.58. The zero-order valence-corrected chi connectivity index (χ0v) is 13.2. The maximum absolute atomic E-state index is 10.4. The summed E-state index contributed by atoms with van der Waals surface area (Å²) in [4.78, 5) is 30.4. The summed E-state index contributed by atoms with van der Waals surface area (Å²) in [6.07, 6.45) is -0.351. The van der Waals surface area contributed by atoms with Gasteiger partial charge in [0.1, 0.15) is 0 Å². The van der Waals surface area contributed by atoms with Crippen LogP contribution < -0.4 is 0 Å². The van der Waals surface area contributed by atoms with Crippen molar-refractivity contribution in [3.05, 3.63) is 12.7 Å². The van der Waals surface area contributed by atoms with Crippen molar-refractivity contribution in [1.29, 1.82) is 0 Å². The molecule has 14 heteroatoms. The van der Waals surface area contributed by atoms with Gasteiger partial charge in [0, 0.05) is 6.08 Å². The monoisotopic (exact) mass is 378 g/mol. The molecule has 0 bridgehead atoms. The zero-order valence-electron chi connectivity index (χ0n) is 11.5. The predicted octanol–water partition coefficient (Wildman–Crippen LogP) is -1.25. The second-order valence-corrected chi connectivity index (χ2v) is 6.96. The van der Waals surface area contributed by atoms with Crippen LogP contribution in [0.1, 0.15) is 13.3 Å². The third-order valence-electron chi connectivity index (χ3n) is 1.86. The lowest BCUT2D eigenvalue weighted by Gasteiger charge is -2.06. The molecule has 12 nitrogen and oxygen atoms in total. The number of hydrogen-bond acceptors (Lipinski definition) is 8. The minimum Gasteiger partial charge on any atom is -0.481 e. The lowest BCUT2D eigenvalue weighted by atomic mass is 10.3. The maximum atomic E-state index is 10.4. The molecule has 0 rings (SSSR count). The molecule has 4 N–H and O–H groups in total. The van der Waals surface area contributed by atoms with Crippen LogP contribution in [0.25, 0.3) is 0 Å². The Morgan fingerprint density at radius 1 is 1.09 bits per heavy atom. The summed E-state index contributed by atoms with van der Waals surface area (Å²) in [5.74, 6) is -4.39. The van der Waals surface area contributed by atoms with Crippen LogP contribution in [0.15, 0.2) is 12.7 Å². The van der Waals surface area contributed by atoms with E-state index in [1.165, 1.54) is 0 Å². The Morgan fingerprint density at radius 2 is 1.52 bits per heavy atom. The predicted molar refractivity (Wildman–Crippen MR) is 72.5 cm³/mol. The molecule has 0 amide bonds. The molecule has 0 aromatic heterocycles. The molecule has 0 aromatic rings. The van der Waals surface area contributed by atoms with Gasteiger partial charge in [-0.1, -0.05) is 6.58 Å². The smallest absolute Gasteiger partial charge is 0.331 e. The summed E-state index contributed by atoms with van der Waals surface area (Å²) in [6.45, 7) is 4.08. The minimum absolute atomic E-state index is 0.807. The van der Waals surface area contributed by atoms with E-state index in [0.717, 1.165) is 13.0 Å². The van der Waals surface area contributed by atoms with E-state index in [2.05, 4.69) is 11.3 Å². The van der Waals surface area contributed by atoms with Crippen molar-refractivity contribution in [2.75, 3.05) is 0 Å². The van der Waals surface area contributed by atoms with Crippen LogP contribution in [0, 0.1) is 0 Å². The van der Waals surface area contributed by atoms with Crippen LogP contribution in [0.4, 0.5) is 0 Å². The Labute approximate surface area is 130 Å². The van der Waals surface area contributed by atoms with E-state index in [9.17, 15) is 31.2 Å². The van der Waals surface area contributed by atoms with E-state index < -0.39 is 55.3 Å². The molecule has 0 heterocycles. The van der Waals surface area contributed by atoms with Crippen molar-refractivity contribution in [1.82, 2.24) is 0 Å². The third-order valence-corrected chi connectivity index (χ3v) is 3.89. The van der Waals surface area contributed by atoms with Gasteiger partial charge in [-0.25, -0.2) is 4.79 Å². The van der Waals surface area contributed by atoms with Crippen molar-refractivity contribution in [2.45, 2.75) is 24.0 Å². The first-order chi connectivity index (χ1) is 10.1. The Morgan fingerprint density at radius 3 is 1.70 bits per heavy atom. The van der Waals surface area contributed by atoms with Gasteiger partial charge in [-0.15, -0.1) is 0 Å². The highest BCUT2D eigenvalue weighted by atomic mass is 32.2. The molecule has 0 radical (unpaired) electrons. The standard InChI is InChI=1S/C5H8O5S.C4H6O7S/c1-3-5(6)10-4(2)11(7,8)9;5-3(6)1-2(4(7)8)12(9,10)11/h3-4H,1H2,2H3,(H,7,8,9);2H,1H2,(H,5,6)(H,7,8)(H,9,10,11).